The normalized spacial score (nSPS) is 13.8. The largest absolute Gasteiger partial charge is 0.504 e. The molecular formula is C19H19N3O3S. The van der Waals surface area contributed by atoms with Crippen molar-refractivity contribution in [3.63, 3.8) is 0 Å². The molecule has 3 aromatic rings. The number of carbonyl (C=O) groups excluding carboxylic acids is 1. The maximum absolute atomic E-state index is 12.8. The minimum atomic E-state index is -0.147. The Morgan fingerprint density at radius 3 is 2.88 bits per heavy atom. The Bertz CT molecular complexity index is 976. The van der Waals surface area contributed by atoms with E-state index in [0.29, 0.717) is 31.3 Å². The number of ether oxygens (including phenoxy) is 1. The highest BCUT2D eigenvalue weighted by atomic mass is 32.1. The van der Waals surface area contributed by atoms with E-state index in [1.165, 1.54) is 4.88 Å². The van der Waals surface area contributed by atoms with Gasteiger partial charge in [0.25, 0.3) is 5.91 Å². The second-order valence-corrected chi connectivity index (χ2v) is 7.62. The first kappa shape index (κ1) is 16.7. The van der Waals surface area contributed by atoms with E-state index in [1.807, 2.05) is 19.1 Å². The molecular weight excluding hydrogens is 350 g/mol. The van der Waals surface area contributed by atoms with Crippen LogP contribution in [0.1, 0.15) is 21.1 Å². The van der Waals surface area contributed by atoms with Gasteiger partial charge in [-0.3, -0.25) is 4.79 Å². The fraction of sp³-hybridized carbons (Fsp3) is 0.263. The molecule has 7 heteroatoms. The molecule has 1 aliphatic heterocycles. The van der Waals surface area contributed by atoms with Crippen LogP contribution in [0.15, 0.2) is 36.7 Å². The fourth-order valence-corrected chi connectivity index (χ4v) is 3.97. The summed E-state index contributed by atoms with van der Waals surface area (Å²) in [6.07, 6.45) is 3.36. The van der Waals surface area contributed by atoms with Crippen LogP contribution in [0.3, 0.4) is 0 Å². The van der Waals surface area contributed by atoms with Crippen molar-refractivity contribution < 1.29 is 14.6 Å². The number of rotatable bonds is 2. The topological polar surface area (TPSA) is 67.6 Å². The first-order valence-electron chi connectivity index (χ1n) is 8.35. The SMILES string of the molecule is Cc1ccc(-c2cc(O)c3c(c2)CN(C(=O)c2nccn2C)CCO3)s1. The quantitative estimate of drug-likeness (QED) is 0.753. The van der Waals surface area contributed by atoms with Gasteiger partial charge in [-0.25, -0.2) is 4.98 Å². The van der Waals surface area contributed by atoms with Crippen LogP contribution in [0.25, 0.3) is 10.4 Å². The lowest BCUT2D eigenvalue weighted by Crippen LogP contribution is -2.34. The summed E-state index contributed by atoms with van der Waals surface area (Å²) >= 11 is 1.67. The molecule has 0 atom stereocenters. The van der Waals surface area contributed by atoms with Gasteiger partial charge in [0.2, 0.25) is 0 Å². The molecule has 134 valence electrons. The molecule has 0 radical (unpaired) electrons. The molecule has 1 aliphatic rings. The van der Waals surface area contributed by atoms with Crippen molar-refractivity contribution in [2.75, 3.05) is 13.2 Å². The van der Waals surface area contributed by atoms with Gasteiger partial charge >= 0.3 is 0 Å². The summed E-state index contributed by atoms with van der Waals surface area (Å²) in [7, 11) is 1.80. The summed E-state index contributed by atoms with van der Waals surface area (Å²) < 4.78 is 7.44. The summed E-state index contributed by atoms with van der Waals surface area (Å²) in [6.45, 7) is 3.18. The monoisotopic (exact) mass is 369 g/mol. The molecule has 2 aromatic heterocycles. The van der Waals surface area contributed by atoms with Crippen molar-refractivity contribution in [2.45, 2.75) is 13.5 Å². The van der Waals surface area contributed by atoms with Crippen molar-refractivity contribution in [1.82, 2.24) is 14.5 Å². The van der Waals surface area contributed by atoms with Crippen molar-refractivity contribution in [2.24, 2.45) is 7.05 Å². The highest BCUT2D eigenvalue weighted by Gasteiger charge is 2.25. The van der Waals surface area contributed by atoms with Gasteiger partial charge < -0.3 is 19.3 Å². The van der Waals surface area contributed by atoms with Gasteiger partial charge in [-0.15, -0.1) is 11.3 Å². The maximum Gasteiger partial charge on any atom is 0.290 e. The predicted molar refractivity (Wildman–Crippen MR) is 99.6 cm³/mol. The smallest absolute Gasteiger partial charge is 0.290 e. The average molecular weight is 369 g/mol. The van der Waals surface area contributed by atoms with E-state index in [0.717, 1.165) is 16.0 Å². The molecule has 1 aromatic carbocycles. The molecule has 1 N–H and O–H groups in total. The van der Waals surface area contributed by atoms with Crippen LogP contribution >= 0.6 is 11.3 Å². The Morgan fingerprint density at radius 2 is 2.19 bits per heavy atom. The second kappa shape index (κ2) is 6.49. The van der Waals surface area contributed by atoms with Gasteiger partial charge in [0, 0.05) is 34.8 Å². The van der Waals surface area contributed by atoms with Crippen LogP contribution in [0, 0.1) is 6.92 Å². The van der Waals surface area contributed by atoms with E-state index in [-0.39, 0.29) is 11.7 Å². The zero-order valence-electron chi connectivity index (χ0n) is 14.6. The third kappa shape index (κ3) is 2.94. The van der Waals surface area contributed by atoms with Crippen LogP contribution in [0.5, 0.6) is 11.5 Å². The van der Waals surface area contributed by atoms with E-state index in [4.69, 9.17) is 4.74 Å². The summed E-state index contributed by atoms with van der Waals surface area (Å²) in [5.41, 5.74) is 1.72. The molecule has 1 amide bonds. The molecule has 0 spiro atoms. The first-order chi connectivity index (χ1) is 12.5. The molecule has 26 heavy (non-hydrogen) atoms. The van der Waals surface area contributed by atoms with Crippen LogP contribution < -0.4 is 4.74 Å². The number of aromatic nitrogens is 2. The summed E-state index contributed by atoms with van der Waals surface area (Å²) in [6, 6.07) is 7.80. The number of nitrogens with zero attached hydrogens (tertiary/aromatic N) is 3. The number of thiophene rings is 1. The number of aryl methyl sites for hydroxylation is 2. The van der Waals surface area contributed by atoms with E-state index in [2.05, 4.69) is 11.1 Å². The number of phenolic OH excluding ortho intramolecular Hbond substituents is 1. The number of imidazole rings is 1. The predicted octanol–water partition coefficient (Wildman–Crippen LogP) is 3.20. The second-order valence-electron chi connectivity index (χ2n) is 6.33. The minimum absolute atomic E-state index is 0.106. The summed E-state index contributed by atoms with van der Waals surface area (Å²) in [4.78, 5) is 20.9. The standard InChI is InChI=1S/C19H19N3O3S/c1-12-3-4-16(26-12)13-9-14-11-22(7-8-25-17(14)15(23)10-13)19(24)18-20-5-6-21(18)2/h3-6,9-10,23H,7-8,11H2,1-2H3. The lowest BCUT2D eigenvalue weighted by Gasteiger charge is -2.19. The average Bonchev–Trinajstić information content (AvgIpc) is 3.17. The van der Waals surface area contributed by atoms with Gasteiger partial charge in [-0.1, -0.05) is 0 Å². The van der Waals surface area contributed by atoms with E-state index >= 15 is 0 Å². The Balaban J connectivity index is 1.70. The molecule has 0 bridgehead atoms. The Kier molecular flexibility index (Phi) is 4.16. The zero-order valence-corrected chi connectivity index (χ0v) is 15.4. The number of hydrogen-bond donors (Lipinski definition) is 1. The number of benzene rings is 1. The van der Waals surface area contributed by atoms with Crippen LogP contribution in [-0.2, 0) is 13.6 Å². The van der Waals surface area contributed by atoms with Crippen LogP contribution in [0.2, 0.25) is 0 Å². The number of hydrogen-bond acceptors (Lipinski definition) is 5. The summed E-state index contributed by atoms with van der Waals surface area (Å²) in [5.74, 6) is 0.806. The number of fused-ring (bicyclic) bond motifs is 1. The van der Waals surface area contributed by atoms with Gasteiger partial charge in [0.05, 0.1) is 13.1 Å². The molecule has 0 saturated carbocycles. The Labute approximate surface area is 155 Å². The molecule has 0 fully saturated rings. The Morgan fingerprint density at radius 1 is 1.35 bits per heavy atom. The molecule has 0 aliphatic carbocycles. The Hall–Kier alpha value is -2.80. The van der Waals surface area contributed by atoms with Crippen LogP contribution in [0.4, 0.5) is 0 Å². The molecule has 4 rings (SSSR count). The number of aromatic hydroxyl groups is 1. The highest BCUT2D eigenvalue weighted by molar-refractivity contribution is 7.15. The summed E-state index contributed by atoms with van der Waals surface area (Å²) in [5, 5.41) is 10.4. The van der Waals surface area contributed by atoms with E-state index in [9.17, 15) is 9.90 Å². The number of phenols is 1. The van der Waals surface area contributed by atoms with Gasteiger partial charge in [0.15, 0.2) is 17.3 Å². The minimum Gasteiger partial charge on any atom is -0.504 e. The van der Waals surface area contributed by atoms with E-state index < -0.39 is 0 Å². The van der Waals surface area contributed by atoms with Crippen molar-refractivity contribution in [1.29, 1.82) is 0 Å². The van der Waals surface area contributed by atoms with Crippen molar-refractivity contribution >= 4 is 17.2 Å². The lowest BCUT2D eigenvalue weighted by molar-refractivity contribution is 0.0717. The number of amides is 1. The van der Waals surface area contributed by atoms with Gasteiger partial charge in [-0.05, 0) is 36.8 Å². The highest BCUT2D eigenvalue weighted by Crippen LogP contribution is 2.39. The molecule has 0 unspecified atom stereocenters. The van der Waals surface area contributed by atoms with Crippen molar-refractivity contribution in [3.8, 4) is 21.9 Å². The molecule has 6 nitrogen and oxygen atoms in total. The first-order valence-corrected chi connectivity index (χ1v) is 9.16. The van der Waals surface area contributed by atoms with Crippen molar-refractivity contribution in [3.05, 3.63) is 52.9 Å². The van der Waals surface area contributed by atoms with Crippen LogP contribution in [-0.4, -0.2) is 38.6 Å². The third-order valence-electron chi connectivity index (χ3n) is 4.44. The van der Waals surface area contributed by atoms with Gasteiger partial charge in [-0.2, -0.15) is 0 Å². The zero-order chi connectivity index (χ0) is 18.3. The fourth-order valence-electron chi connectivity index (χ4n) is 3.12. The number of carbonyl (C=O) groups is 1. The van der Waals surface area contributed by atoms with E-state index in [1.54, 1.807) is 46.3 Å². The molecule has 0 saturated heterocycles. The third-order valence-corrected chi connectivity index (χ3v) is 5.49. The maximum atomic E-state index is 12.8. The lowest BCUT2D eigenvalue weighted by atomic mass is 10.1. The molecule has 3 heterocycles. The van der Waals surface area contributed by atoms with Gasteiger partial charge in [0.1, 0.15) is 6.61 Å².